The molecule has 0 aromatic heterocycles. The van der Waals surface area contributed by atoms with E-state index >= 15 is 0 Å². The number of carbonyl (C=O) groups is 2. The highest BCUT2D eigenvalue weighted by atomic mass is 79.9. The van der Waals surface area contributed by atoms with Gasteiger partial charge in [0.05, 0.1) is 5.41 Å². The average Bonchev–Trinajstić information content (AvgIpc) is 2.65. The van der Waals surface area contributed by atoms with Crippen LogP contribution in [-0.2, 0) is 9.59 Å². The number of ketones is 2. The minimum absolute atomic E-state index is 0.0468. The number of allylic oxidation sites excluding steroid dienone is 6. The zero-order valence-electron chi connectivity index (χ0n) is 11.3. The SMILES string of the molecule is O=C1C=C(Br)[C@@]23C=C[C@@H](C[C@@H]2c2ccccc2)C(=O)C=C13. The minimum atomic E-state index is -0.499. The summed E-state index contributed by atoms with van der Waals surface area (Å²) in [6.07, 6.45) is 7.96. The topological polar surface area (TPSA) is 34.1 Å². The van der Waals surface area contributed by atoms with Gasteiger partial charge in [-0.25, -0.2) is 0 Å². The molecule has 5 rings (SSSR count). The normalized spacial score (nSPS) is 33.6. The van der Waals surface area contributed by atoms with Crippen LogP contribution >= 0.6 is 15.9 Å². The maximum atomic E-state index is 12.3. The van der Waals surface area contributed by atoms with Crippen LogP contribution < -0.4 is 0 Å². The van der Waals surface area contributed by atoms with E-state index in [1.807, 2.05) is 24.3 Å². The maximum Gasteiger partial charge on any atom is 0.184 e. The van der Waals surface area contributed by atoms with Crippen LogP contribution in [0.4, 0.5) is 0 Å². The van der Waals surface area contributed by atoms with Crippen molar-refractivity contribution in [1.82, 2.24) is 0 Å². The summed E-state index contributed by atoms with van der Waals surface area (Å²) in [6.45, 7) is 0. The number of hydrogen-bond acceptors (Lipinski definition) is 2. The van der Waals surface area contributed by atoms with Crippen molar-refractivity contribution in [3.05, 3.63) is 70.3 Å². The fraction of sp³-hybridized carbons (Fsp3) is 0.222. The Morgan fingerprint density at radius 2 is 1.86 bits per heavy atom. The van der Waals surface area contributed by atoms with Gasteiger partial charge in [0, 0.05) is 21.9 Å². The molecule has 1 spiro atoms. The van der Waals surface area contributed by atoms with Crippen molar-refractivity contribution in [2.45, 2.75) is 12.3 Å². The van der Waals surface area contributed by atoms with E-state index in [0.717, 1.165) is 10.9 Å². The molecular formula is C18H13BrO2. The fourth-order valence-corrected chi connectivity index (χ4v) is 4.64. The van der Waals surface area contributed by atoms with Crippen LogP contribution in [0.1, 0.15) is 17.9 Å². The predicted octanol–water partition coefficient (Wildman–Crippen LogP) is 3.70. The van der Waals surface area contributed by atoms with E-state index < -0.39 is 5.41 Å². The van der Waals surface area contributed by atoms with Crippen LogP contribution in [0.2, 0.25) is 0 Å². The lowest BCUT2D eigenvalue weighted by molar-refractivity contribution is -0.117. The van der Waals surface area contributed by atoms with Gasteiger partial charge in [0.15, 0.2) is 11.6 Å². The van der Waals surface area contributed by atoms with E-state index in [4.69, 9.17) is 0 Å². The first-order valence-electron chi connectivity index (χ1n) is 7.05. The van der Waals surface area contributed by atoms with E-state index in [0.29, 0.717) is 5.57 Å². The monoisotopic (exact) mass is 340 g/mol. The van der Waals surface area contributed by atoms with E-state index in [2.05, 4.69) is 34.1 Å². The van der Waals surface area contributed by atoms with E-state index in [1.165, 1.54) is 5.56 Å². The van der Waals surface area contributed by atoms with Crippen LogP contribution in [0.25, 0.3) is 0 Å². The third-order valence-electron chi connectivity index (χ3n) is 4.85. The molecule has 4 aliphatic carbocycles. The molecule has 3 heteroatoms. The van der Waals surface area contributed by atoms with E-state index in [9.17, 15) is 9.59 Å². The Morgan fingerprint density at radius 1 is 1.10 bits per heavy atom. The summed E-state index contributed by atoms with van der Waals surface area (Å²) in [5, 5.41) is 0. The lowest BCUT2D eigenvalue weighted by atomic mass is 9.64. The molecule has 21 heavy (non-hydrogen) atoms. The Balaban J connectivity index is 1.98. The van der Waals surface area contributed by atoms with Crippen molar-refractivity contribution in [3.8, 4) is 0 Å². The Kier molecular flexibility index (Phi) is 2.70. The number of hydrogen-bond donors (Lipinski definition) is 0. The van der Waals surface area contributed by atoms with Crippen molar-refractivity contribution < 1.29 is 9.59 Å². The third kappa shape index (κ3) is 1.64. The van der Waals surface area contributed by atoms with Crippen molar-refractivity contribution in [3.63, 3.8) is 0 Å². The average molecular weight is 341 g/mol. The van der Waals surface area contributed by atoms with Crippen LogP contribution in [0.3, 0.4) is 0 Å². The number of benzene rings is 1. The molecule has 0 radical (unpaired) electrons. The lowest BCUT2D eigenvalue weighted by Crippen LogP contribution is -2.31. The maximum absolute atomic E-state index is 12.3. The molecule has 1 aromatic rings. The lowest BCUT2D eigenvalue weighted by Gasteiger charge is -2.39. The molecule has 3 atom stereocenters. The first-order valence-corrected chi connectivity index (χ1v) is 7.84. The molecule has 0 heterocycles. The third-order valence-corrected chi connectivity index (χ3v) is 5.73. The van der Waals surface area contributed by atoms with Gasteiger partial charge < -0.3 is 0 Å². The first-order chi connectivity index (χ1) is 10.1. The van der Waals surface area contributed by atoms with Crippen LogP contribution in [-0.4, -0.2) is 11.6 Å². The van der Waals surface area contributed by atoms with Crippen molar-refractivity contribution >= 4 is 27.5 Å². The Hall–Kier alpha value is -1.74. The number of carbonyl (C=O) groups excluding carboxylic acids is 2. The second-order valence-corrected chi connectivity index (χ2v) is 6.70. The quantitative estimate of drug-likeness (QED) is 0.730. The summed E-state index contributed by atoms with van der Waals surface area (Å²) in [4.78, 5) is 24.6. The standard InChI is InChI=1S/C18H13BrO2/c19-17-10-16(21)14-9-15(20)12-6-7-18(14,17)13(8-12)11-4-2-1-3-5-11/h1-7,9-10,12-13H,8H2/t12-,13+,18-/m0/s1. The number of halogens is 1. The molecule has 0 N–H and O–H groups in total. The van der Waals surface area contributed by atoms with Gasteiger partial charge in [0.25, 0.3) is 0 Å². The minimum Gasteiger partial charge on any atom is -0.294 e. The Labute approximate surface area is 131 Å². The molecule has 0 saturated heterocycles. The molecule has 104 valence electrons. The largest absolute Gasteiger partial charge is 0.294 e. The number of rotatable bonds is 1. The summed E-state index contributed by atoms with van der Waals surface area (Å²) in [7, 11) is 0. The molecule has 2 bridgehead atoms. The summed E-state index contributed by atoms with van der Waals surface area (Å²) >= 11 is 3.59. The Morgan fingerprint density at radius 3 is 2.62 bits per heavy atom. The van der Waals surface area contributed by atoms with Gasteiger partial charge in [0.1, 0.15) is 0 Å². The fourth-order valence-electron chi connectivity index (χ4n) is 3.81. The van der Waals surface area contributed by atoms with Gasteiger partial charge in [0.2, 0.25) is 0 Å². The smallest absolute Gasteiger partial charge is 0.184 e. The van der Waals surface area contributed by atoms with Gasteiger partial charge >= 0.3 is 0 Å². The van der Waals surface area contributed by atoms with Crippen molar-refractivity contribution in [1.29, 1.82) is 0 Å². The van der Waals surface area contributed by atoms with Crippen LogP contribution in [0.5, 0.6) is 0 Å². The molecule has 4 aliphatic rings. The zero-order valence-corrected chi connectivity index (χ0v) is 12.8. The molecular weight excluding hydrogens is 328 g/mol. The summed E-state index contributed by atoms with van der Waals surface area (Å²) in [5.41, 5.74) is 1.29. The van der Waals surface area contributed by atoms with E-state index in [1.54, 1.807) is 12.2 Å². The molecule has 0 aliphatic heterocycles. The highest BCUT2D eigenvalue weighted by Gasteiger charge is 2.53. The predicted molar refractivity (Wildman–Crippen MR) is 84.0 cm³/mol. The molecule has 0 unspecified atom stereocenters. The van der Waals surface area contributed by atoms with E-state index in [-0.39, 0.29) is 23.4 Å². The second-order valence-electron chi connectivity index (χ2n) is 5.85. The van der Waals surface area contributed by atoms with Crippen LogP contribution in [0, 0.1) is 11.3 Å². The Bertz CT molecular complexity index is 742. The molecule has 0 fully saturated rings. The molecule has 0 amide bonds. The summed E-state index contributed by atoms with van der Waals surface area (Å²) < 4.78 is 0.865. The first kappa shape index (κ1) is 13.0. The van der Waals surface area contributed by atoms with Crippen LogP contribution in [0.15, 0.2) is 64.7 Å². The molecule has 0 saturated carbocycles. The van der Waals surface area contributed by atoms with Gasteiger partial charge in [-0.1, -0.05) is 58.4 Å². The highest BCUT2D eigenvalue weighted by Crippen LogP contribution is 2.60. The zero-order chi connectivity index (χ0) is 14.6. The van der Waals surface area contributed by atoms with Gasteiger partial charge in [-0.05, 0) is 24.1 Å². The van der Waals surface area contributed by atoms with Gasteiger partial charge in [-0.15, -0.1) is 0 Å². The van der Waals surface area contributed by atoms with Gasteiger partial charge in [-0.3, -0.25) is 9.59 Å². The van der Waals surface area contributed by atoms with Crippen molar-refractivity contribution in [2.75, 3.05) is 0 Å². The molecule has 1 aromatic carbocycles. The molecule has 2 nitrogen and oxygen atoms in total. The van der Waals surface area contributed by atoms with Crippen molar-refractivity contribution in [2.24, 2.45) is 11.3 Å². The second kappa shape index (κ2) is 4.38. The number of fused-ring (bicyclic) bond motifs is 2. The highest BCUT2D eigenvalue weighted by molar-refractivity contribution is 9.11. The summed E-state index contributed by atoms with van der Waals surface area (Å²) in [6, 6.07) is 10.2. The van der Waals surface area contributed by atoms with Gasteiger partial charge in [-0.2, -0.15) is 0 Å². The summed E-state index contributed by atoms with van der Waals surface area (Å²) in [5.74, 6) is -0.00984.